The predicted octanol–water partition coefficient (Wildman–Crippen LogP) is 5.33. The third-order valence-corrected chi connectivity index (χ3v) is 7.93. The summed E-state index contributed by atoms with van der Waals surface area (Å²) in [5.41, 5.74) is 2.15. The Hall–Kier alpha value is -4.27. The fraction of sp³-hybridized carbons (Fsp3) is 0.486. The van der Waals surface area contributed by atoms with Crippen LogP contribution in [-0.2, 0) is 57.6 Å². The summed E-state index contributed by atoms with van der Waals surface area (Å²) in [7, 11) is 0. The number of Topliss-reactive ketones (excluding diaryl/α,β-unsaturated/α-hetero) is 1. The fourth-order valence-corrected chi connectivity index (χ4v) is 5.58. The van der Waals surface area contributed by atoms with Crippen LogP contribution in [0.3, 0.4) is 0 Å². The second kappa shape index (κ2) is 16.9. The molecule has 1 N–H and O–H groups in total. The van der Waals surface area contributed by atoms with Gasteiger partial charge < -0.3 is 19.5 Å². The molecule has 46 heavy (non-hydrogen) atoms. The molecule has 0 aliphatic heterocycles. The Morgan fingerprint density at radius 2 is 1.46 bits per heavy atom. The highest BCUT2D eigenvalue weighted by molar-refractivity contribution is 5.94. The van der Waals surface area contributed by atoms with E-state index in [0.29, 0.717) is 12.8 Å². The maximum atomic E-state index is 14.0. The van der Waals surface area contributed by atoms with Crippen molar-refractivity contribution < 1.29 is 38.2 Å². The number of esters is 3. The Morgan fingerprint density at radius 3 is 2.02 bits per heavy atom. The van der Waals surface area contributed by atoms with Gasteiger partial charge >= 0.3 is 17.9 Å². The summed E-state index contributed by atoms with van der Waals surface area (Å²) < 4.78 is 16.2. The molecule has 0 unspecified atom stereocenters. The molecular weight excluding hydrogens is 586 g/mol. The average Bonchev–Trinajstić information content (AvgIpc) is 3.43. The van der Waals surface area contributed by atoms with Gasteiger partial charge in [0.25, 0.3) is 0 Å². The van der Waals surface area contributed by atoms with Crippen molar-refractivity contribution in [2.45, 2.75) is 85.0 Å². The van der Waals surface area contributed by atoms with Gasteiger partial charge in [0.15, 0.2) is 5.78 Å². The summed E-state index contributed by atoms with van der Waals surface area (Å²) in [5, 5.41) is 2.90. The first-order valence-electron chi connectivity index (χ1n) is 15.9. The van der Waals surface area contributed by atoms with Gasteiger partial charge in [-0.25, -0.2) is 0 Å². The number of amides is 1. The van der Waals surface area contributed by atoms with Crippen molar-refractivity contribution in [3.63, 3.8) is 0 Å². The van der Waals surface area contributed by atoms with Crippen LogP contribution in [0.5, 0.6) is 0 Å². The molecule has 0 saturated heterocycles. The second-order valence-corrected chi connectivity index (χ2v) is 13.2. The maximum absolute atomic E-state index is 14.0. The Kier molecular flexibility index (Phi) is 13.3. The van der Waals surface area contributed by atoms with E-state index in [1.165, 1.54) is 6.08 Å². The van der Waals surface area contributed by atoms with Gasteiger partial charge in [-0.05, 0) is 62.1 Å². The first-order chi connectivity index (χ1) is 21.8. The molecular formula is C37H47NO8. The highest BCUT2D eigenvalue weighted by Crippen LogP contribution is 2.31. The summed E-state index contributed by atoms with van der Waals surface area (Å²) >= 11 is 0. The van der Waals surface area contributed by atoms with Crippen LogP contribution >= 0.6 is 0 Å². The van der Waals surface area contributed by atoms with E-state index in [0.717, 1.165) is 16.7 Å². The van der Waals surface area contributed by atoms with Crippen LogP contribution in [0.2, 0.25) is 0 Å². The molecule has 0 spiro atoms. The standard InChI is InChI=1S/C37H47NO8/c1-7-17-44-36(43)30(24(2)3)22-31(39)34(28-18-26-15-11-12-16-27(26)19-28)38-35(42)29(21-33(41)46-37(4,5)6)20-32(40)45-23-25-13-9-8-10-14-25/h7-16,24,28-30,34H,1,17-23H2,2-6H3,(H,38,42)/t29-,30-,34-/m0/s1. The van der Waals surface area contributed by atoms with Crippen molar-refractivity contribution in [3.05, 3.63) is 83.9 Å². The van der Waals surface area contributed by atoms with Crippen LogP contribution in [0.15, 0.2) is 67.3 Å². The largest absolute Gasteiger partial charge is 0.461 e. The van der Waals surface area contributed by atoms with E-state index < -0.39 is 47.3 Å². The summed E-state index contributed by atoms with van der Waals surface area (Å²) in [6.45, 7) is 12.4. The number of fused-ring (bicyclic) bond motifs is 1. The van der Waals surface area contributed by atoms with E-state index in [1.807, 2.05) is 68.4 Å². The number of carbonyl (C=O) groups is 5. The number of hydrogen-bond acceptors (Lipinski definition) is 8. The number of ether oxygens (including phenoxy) is 3. The molecule has 0 heterocycles. The molecule has 2 aromatic rings. The van der Waals surface area contributed by atoms with Crippen LogP contribution in [0.1, 0.15) is 70.6 Å². The second-order valence-electron chi connectivity index (χ2n) is 13.2. The lowest BCUT2D eigenvalue weighted by atomic mass is 9.84. The zero-order valence-corrected chi connectivity index (χ0v) is 27.6. The van der Waals surface area contributed by atoms with E-state index >= 15 is 0 Å². The zero-order chi connectivity index (χ0) is 33.9. The molecule has 248 valence electrons. The number of benzene rings is 2. The number of carbonyl (C=O) groups excluding carboxylic acids is 5. The molecule has 9 nitrogen and oxygen atoms in total. The minimum atomic E-state index is -1.14. The third-order valence-electron chi connectivity index (χ3n) is 7.93. The summed E-state index contributed by atoms with van der Waals surface area (Å²) in [5.74, 6) is -5.10. The highest BCUT2D eigenvalue weighted by Gasteiger charge is 2.39. The summed E-state index contributed by atoms with van der Waals surface area (Å²) in [6, 6.07) is 16.0. The molecule has 0 radical (unpaired) electrons. The van der Waals surface area contributed by atoms with E-state index in [9.17, 15) is 24.0 Å². The molecule has 9 heteroatoms. The molecule has 0 bridgehead atoms. The van der Waals surface area contributed by atoms with Gasteiger partial charge in [0.1, 0.15) is 18.8 Å². The summed E-state index contributed by atoms with van der Waals surface area (Å²) in [6.07, 6.45) is 1.67. The van der Waals surface area contributed by atoms with Gasteiger partial charge in [-0.15, -0.1) is 0 Å². The van der Waals surface area contributed by atoms with Crippen molar-refractivity contribution in [1.82, 2.24) is 5.32 Å². The van der Waals surface area contributed by atoms with E-state index in [-0.39, 0.29) is 50.1 Å². The van der Waals surface area contributed by atoms with E-state index in [2.05, 4.69) is 11.9 Å². The maximum Gasteiger partial charge on any atom is 0.309 e. The van der Waals surface area contributed by atoms with Crippen LogP contribution in [-0.4, -0.2) is 47.8 Å². The fourth-order valence-electron chi connectivity index (χ4n) is 5.58. The quantitative estimate of drug-likeness (QED) is 0.150. The van der Waals surface area contributed by atoms with Crippen LogP contribution in [0, 0.1) is 23.7 Å². The topological polar surface area (TPSA) is 125 Å². The lowest BCUT2D eigenvalue weighted by Crippen LogP contribution is -2.50. The highest BCUT2D eigenvalue weighted by atomic mass is 16.6. The van der Waals surface area contributed by atoms with Crippen molar-refractivity contribution in [2.24, 2.45) is 23.7 Å². The Balaban J connectivity index is 1.84. The SMILES string of the molecule is C=CCOC(=O)[C@@H](CC(=O)[C@@H](NC(=O)[C@@H](CC(=O)OCc1ccccc1)CC(=O)OC(C)(C)C)C1Cc2ccccc2C1)C(C)C. The van der Waals surface area contributed by atoms with Gasteiger partial charge in [-0.3, -0.25) is 24.0 Å². The molecule has 1 aliphatic carbocycles. The van der Waals surface area contributed by atoms with Crippen molar-refractivity contribution in [3.8, 4) is 0 Å². The van der Waals surface area contributed by atoms with Gasteiger partial charge in [0.05, 0.1) is 30.7 Å². The lowest BCUT2D eigenvalue weighted by molar-refractivity contribution is -0.159. The van der Waals surface area contributed by atoms with Gasteiger partial charge in [-0.1, -0.05) is 81.1 Å². The molecule has 3 atom stereocenters. The monoisotopic (exact) mass is 633 g/mol. The normalized spacial score (nSPS) is 14.8. The van der Waals surface area contributed by atoms with Crippen LogP contribution < -0.4 is 5.32 Å². The first-order valence-corrected chi connectivity index (χ1v) is 15.9. The van der Waals surface area contributed by atoms with E-state index in [4.69, 9.17) is 14.2 Å². The van der Waals surface area contributed by atoms with Crippen molar-refractivity contribution >= 4 is 29.6 Å². The molecule has 2 aromatic carbocycles. The number of hydrogen-bond donors (Lipinski definition) is 1. The Bertz CT molecular complexity index is 1350. The minimum Gasteiger partial charge on any atom is -0.461 e. The molecule has 1 aliphatic rings. The smallest absolute Gasteiger partial charge is 0.309 e. The number of ketones is 1. The molecule has 3 rings (SSSR count). The average molecular weight is 634 g/mol. The zero-order valence-electron chi connectivity index (χ0n) is 27.6. The number of rotatable bonds is 16. The van der Waals surface area contributed by atoms with Crippen molar-refractivity contribution in [1.29, 1.82) is 0 Å². The molecule has 0 saturated carbocycles. The first kappa shape index (κ1) is 36.2. The minimum absolute atomic E-state index is 0.0143. The van der Waals surface area contributed by atoms with Crippen molar-refractivity contribution in [2.75, 3.05) is 6.61 Å². The summed E-state index contributed by atoms with van der Waals surface area (Å²) in [4.78, 5) is 66.5. The molecule has 1 amide bonds. The van der Waals surface area contributed by atoms with Gasteiger partial charge in [0, 0.05) is 6.42 Å². The third kappa shape index (κ3) is 11.3. The van der Waals surface area contributed by atoms with E-state index in [1.54, 1.807) is 20.8 Å². The lowest BCUT2D eigenvalue weighted by Gasteiger charge is -2.28. The van der Waals surface area contributed by atoms with Crippen LogP contribution in [0.25, 0.3) is 0 Å². The Morgan fingerprint density at radius 1 is 0.870 bits per heavy atom. The molecule has 0 fully saturated rings. The van der Waals surface area contributed by atoms with Gasteiger partial charge in [0.2, 0.25) is 5.91 Å². The van der Waals surface area contributed by atoms with Crippen LogP contribution in [0.4, 0.5) is 0 Å². The predicted molar refractivity (Wildman–Crippen MR) is 173 cm³/mol. The molecule has 0 aromatic heterocycles. The Labute approximate surface area is 272 Å². The van der Waals surface area contributed by atoms with Gasteiger partial charge in [-0.2, -0.15) is 0 Å². The number of nitrogens with one attached hydrogen (secondary N) is 1.